The summed E-state index contributed by atoms with van der Waals surface area (Å²) in [5.41, 5.74) is -1.29. The van der Waals surface area contributed by atoms with E-state index in [-0.39, 0.29) is 28.4 Å². The minimum Gasteiger partial charge on any atom is -0.481 e. The summed E-state index contributed by atoms with van der Waals surface area (Å²) in [7, 11) is 0. The maximum atomic E-state index is 12.7. The molecule has 4 fully saturated rings. The molecule has 0 aromatic heterocycles. The second kappa shape index (κ2) is 4.63. The van der Waals surface area contributed by atoms with Crippen molar-refractivity contribution in [1.29, 1.82) is 0 Å². The van der Waals surface area contributed by atoms with Gasteiger partial charge in [-0.05, 0) is 68.1 Å². The molecule has 4 aliphatic carbocycles. The third-order valence-corrected chi connectivity index (χ3v) is 8.99. The van der Waals surface area contributed by atoms with Gasteiger partial charge in [0.2, 0.25) is 0 Å². The smallest absolute Gasteiger partial charge is 0.309 e. The van der Waals surface area contributed by atoms with Crippen LogP contribution in [0.4, 0.5) is 0 Å². The van der Waals surface area contributed by atoms with Crippen LogP contribution in [0.15, 0.2) is 0 Å². The van der Waals surface area contributed by atoms with Crippen LogP contribution in [0.2, 0.25) is 0 Å². The number of hydrogen-bond donors (Lipinski definition) is 2. The average Bonchev–Trinajstić information content (AvgIpc) is 2.71. The van der Waals surface area contributed by atoms with Gasteiger partial charge >= 0.3 is 5.97 Å². The minimum absolute atomic E-state index is 0.00701. The zero-order valence-corrected chi connectivity index (χ0v) is 15.1. The van der Waals surface area contributed by atoms with Crippen molar-refractivity contribution >= 4 is 11.8 Å². The lowest BCUT2D eigenvalue weighted by Gasteiger charge is -2.64. The van der Waals surface area contributed by atoms with Crippen LogP contribution in [-0.2, 0) is 9.59 Å². The molecule has 0 unspecified atom stereocenters. The van der Waals surface area contributed by atoms with Crippen LogP contribution in [0.5, 0.6) is 0 Å². The molecular formula is C20H30O4. The van der Waals surface area contributed by atoms with Gasteiger partial charge in [-0.25, -0.2) is 0 Å². The molecule has 7 atom stereocenters. The summed E-state index contributed by atoms with van der Waals surface area (Å²) >= 11 is 0. The maximum absolute atomic E-state index is 12.7. The fourth-order valence-corrected chi connectivity index (χ4v) is 7.68. The number of carbonyl (C=O) groups is 2. The summed E-state index contributed by atoms with van der Waals surface area (Å²) in [5, 5.41) is 20.7. The second-order valence-corrected chi connectivity index (χ2v) is 10.0. The number of aliphatic hydroxyl groups excluding tert-OH is 1. The number of fused-ring (bicyclic) bond motifs is 3. The lowest BCUT2D eigenvalue weighted by Crippen LogP contribution is -2.60. The topological polar surface area (TPSA) is 74.6 Å². The summed E-state index contributed by atoms with van der Waals surface area (Å²) in [6.45, 7) is 6.14. The monoisotopic (exact) mass is 334 g/mol. The molecule has 0 aromatic rings. The molecule has 4 heteroatoms. The van der Waals surface area contributed by atoms with E-state index in [2.05, 4.69) is 6.92 Å². The number of hydrogen-bond acceptors (Lipinski definition) is 3. The van der Waals surface area contributed by atoms with Gasteiger partial charge in [-0.3, -0.25) is 9.59 Å². The number of ketones is 1. The molecule has 0 saturated heterocycles. The molecule has 2 N–H and O–H groups in total. The van der Waals surface area contributed by atoms with Gasteiger partial charge in [0.15, 0.2) is 0 Å². The van der Waals surface area contributed by atoms with E-state index in [9.17, 15) is 19.8 Å². The first-order chi connectivity index (χ1) is 11.1. The molecule has 4 rings (SSSR count). The van der Waals surface area contributed by atoms with Gasteiger partial charge in [0.05, 0.1) is 16.9 Å². The number of Topliss-reactive ketones (excluding diaryl/α,β-unsaturated/α-hetero) is 1. The fraction of sp³-hybridized carbons (Fsp3) is 0.900. The van der Waals surface area contributed by atoms with Crippen LogP contribution in [0, 0.1) is 33.5 Å². The summed E-state index contributed by atoms with van der Waals surface area (Å²) in [4.78, 5) is 24.7. The Morgan fingerprint density at radius 1 is 1.12 bits per heavy atom. The van der Waals surface area contributed by atoms with Crippen LogP contribution < -0.4 is 0 Å². The highest BCUT2D eigenvalue weighted by atomic mass is 16.4. The van der Waals surface area contributed by atoms with Crippen LogP contribution >= 0.6 is 0 Å². The Kier molecular flexibility index (Phi) is 3.19. The fourth-order valence-electron chi connectivity index (χ4n) is 7.68. The summed E-state index contributed by atoms with van der Waals surface area (Å²) in [6.07, 6.45) is 6.08. The summed E-state index contributed by atoms with van der Waals surface area (Å²) < 4.78 is 0. The lowest BCUT2D eigenvalue weighted by atomic mass is 9.40. The summed E-state index contributed by atoms with van der Waals surface area (Å²) in [5.74, 6) is -0.00851. The third kappa shape index (κ3) is 1.73. The average molecular weight is 334 g/mol. The number of carboxylic acids is 1. The highest BCUT2D eigenvalue weighted by Crippen LogP contribution is 2.72. The van der Waals surface area contributed by atoms with Crippen molar-refractivity contribution in [2.24, 2.45) is 33.5 Å². The molecule has 0 heterocycles. The van der Waals surface area contributed by atoms with Crippen molar-refractivity contribution in [2.75, 3.05) is 0 Å². The number of aliphatic hydroxyl groups is 1. The molecule has 0 amide bonds. The predicted octanol–water partition coefficient (Wildman–Crippen LogP) is 3.41. The van der Waals surface area contributed by atoms with Gasteiger partial charge in [-0.1, -0.05) is 20.3 Å². The standard InChI is InChI=1S/C20H30O4/c1-17-6-4-7-18(2,16(23)24)12(17)5-8-20-10-15(22)19(3,11-20)14(21)9-13(17)20/h12-14,21H,4-11H2,1-3H3,(H,23,24)/t12-,13-,14-,17+,18+,19-,20-/m0/s1. The first-order valence-electron chi connectivity index (χ1n) is 9.53. The van der Waals surface area contributed by atoms with Crippen molar-refractivity contribution in [3.8, 4) is 0 Å². The third-order valence-electron chi connectivity index (χ3n) is 8.99. The van der Waals surface area contributed by atoms with Crippen molar-refractivity contribution in [3.05, 3.63) is 0 Å². The van der Waals surface area contributed by atoms with E-state index in [0.717, 1.165) is 38.5 Å². The molecule has 0 radical (unpaired) electrons. The largest absolute Gasteiger partial charge is 0.481 e. The molecule has 4 nitrogen and oxygen atoms in total. The molecule has 2 bridgehead atoms. The Morgan fingerprint density at radius 2 is 1.83 bits per heavy atom. The molecule has 0 aliphatic heterocycles. The van der Waals surface area contributed by atoms with Crippen LogP contribution in [0.3, 0.4) is 0 Å². The quantitative estimate of drug-likeness (QED) is 0.770. The maximum Gasteiger partial charge on any atom is 0.309 e. The van der Waals surface area contributed by atoms with Gasteiger partial charge in [-0.15, -0.1) is 0 Å². The van der Waals surface area contributed by atoms with Crippen LogP contribution in [0.1, 0.15) is 72.1 Å². The van der Waals surface area contributed by atoms with Gasteiger partial charge < -0.3 is 10.2 Å². The molecule has 4 saturated carbocycles. The normalized spacial score (nSPS) is 56.5. The van der Waals surface area contributed by atoms with Crippen molar-refractivity contribution in [2.45, 2.75) is 78.2 Å². The van der Waals surface area contributed by atoms with Crippen molar-refractivity contribution in [1.82, 2.24) is 0 Å². The zero-order valence-electron chi connectivity index (χ0n) is 15.1. The molecule has 1 spiro atoms. The summed E-state index contributed by atoms with van der Waals surface area (Å²) in [6, 6.07) is 0. The minimum atomic E-state index is -0.668. The van der Waals surface area contributed by atoms with Crippen molar-refractivity contribution < 1.29 is 19.8 Å². The second-order valence-electron chi connectivity index (χ2n) is 10.0. The zero-order chi connectivity index (χ0) is 17.5. The number of aliphatic carboxylic acids is 1. The molecule has 134 valence electrons. The Labute approximate surface area is 144 Å². The van der Waals surface area contributed by atoms with Gasteiger partial charge in [0.1, 0.15) is 5.78 Å². The van der Waals surface area contributed by atoms with E-state index in [0.29, 0.717) is 12.8 Å². The van der Waals surface area contributed by atoms with Gasteiger partial charge in [0, 0.05) is 6.42 Å². The number of carbonyl (C=O) groups excluding carboxylic acids is 1. The van der Waals surface area contributed by atoms with E-state index in [1.807, 2.05) is 13.8 Å². The van der Waals surface area contributed by atoms with Crippen LogP contribution in [-0.4, -0.2) is 28.1 Å². The van der Waals surface area contributed by atoms with Crippen LogP contribution in [0.25, 0.3) is 0 Å². The first-order valence-corrected chi connectivity index (χ1v) is 9.53. The van der Waals surface area contributed by atoms with Crippen molar-refractivity contribution in [3.63, 3.8) is 0 Å². The van der Waals surface area contributed by atoms with E-state index in [4.69, 9.17) is 0 Å². The molecule has 24 heavy (non-hydrogen) atoms. The molecule has 4 aliphatic rings. The number of rotatable bonds is 1. The van der Waals surface area contributed by atoms with E-state index >= 15 is 0 Å². The highest BCUT2D eigenvalue weighted by molar-refractivity contribution is 5.89. The first kappa shape index (κ1) is 16.6. The lowest BCUT2D eigenvalue weighted by molar-refractivity contribution is -0.191. The van der Waals surface area contributed by atoms with Gasteiger partial charge in [-0.2, -0.15) is 0 Å². The van der Waals surface area contributed by atoms with E-state index in [1.54, 1.807) is 0 Å². The van der Waals surface area contributed by atoms with E-state index in [1.165, 1.54) is 0 Å². The number of carboxylic acid groups (broad SMARTS) is 1. The predicted molar refractivity (Wildman–Crippen MR) is 89.3 cm³/mol. The van der Waals surface area contributed by atoms with Gasteiger partial charge in [0.25, 0.3) is 0 Å². The Bertz CT molecular complexity index is 615. The van der Waals surface area contributed by atoms with E-state index < -0.39 is 22.9 Å². The SMILES string of the molecule is C[C@@]12CCC[C@@](C)(C(=O)O)[C@H]1CC[C@]13CC(=O)[C@@](C)(C1)[C@@H](O)C[C@H]32. The molecular weight excluding hydrogens is 304 g/mol. The Balaban J connectivity index is 1.78. The molecule has 0 aromatic carbocycles. The highest BCUT2D eigenvalue weighted by Gasteiger charge is 2.70. The Morgan fingerprint density at radius 3 is 2.50 bits per heavy atom. The Hall–Kier alpha value is -0.900.